The molecule has 0 aromatic heterocycles. The number of hydrogen-bond acceptors (Lipinski definition) is 2. The van der Waals surface area contributed by atoms with Crippen molar-refractivity contribution in [1.82, 2.24) is 10.6 Å². The minimum Gasteiger partial charge on any atom is -0.353 e. The third kappa shape index (κ3) is 4.55. The number of piperidine rings is 1. The van der Waals surface area contributed by atoms with E-state index in [1.165, 1.54) is 5.56 Å². The first-order valence-electron chi connectivity index (χ1n) is 7.86. The Kier molecular flexibility index (Phi) is 6.24. The number of carbonyl (C=O) groups is 1. The highest BCUT2D eigenvalue weighted by molar-refractivity contribution is 9.10. The third-order valence-electron chi connectivity index (χ3n) is 4.40. The highest BCUT2D eigenvalue weighted by Gasteiger charge is 2.26. The molecule has 1 aliphatic rings. The molecule has 3 nitrogen and oxygen atoms in total. The number of benzene rings is 1. The van der Waals surface area contributed by atoms with Crippen molar-refractivity contribution in [3.63, 3.8) is 0 Å². The summed E-state index contributed by atoms with van der Waals surface area (Å²) in [6, 6.07) is 8.47. The minimum atomic E-state index is 0.0470. The number of rotatable bonds is 5. The molecule has 1 aromatic rings. The van der Waals surface area contributed by atoms with E-state index in [4.69, 9.17) is 0 Å². The molecule has 1 saturated heterocycles. The first-order valence-corrected chi connectivity index (χ1v) is 8.65. The maximum Gasteiger partial charge on any atom is 0.223 e. The third-order valence-corrected chi connectivity index (χ3v) is 5.17. The van der Waals surface area contributed by atoms with Crippen LogP contribution in [0.5, 0.6) is 0 Å². The molecule has 2 N–H and O–H groups in total. The summed E-state index contributed by atoms with van der Waals surface area (Å²) in [6.07, 6.45) is 2.69. The SMILES string of the molecule is CCC(Cc1ccccc1Br)C(=O)NC1CCNCC1C. The summed E-state index contributed by atoms with van der Waals surface area (Å²) >= 11 is 3.57. The zero-order valence-corrected chi connectivity index (χ0v) is 14.4. The highest BCUT2D eigenvalue weighted by atomic mass is 79.9. The van der Waals surface area contributed by atoms with Gasteiger partial charge in [-0.2, -0.15) is 0 Å². The van der Waals surface area contributed by atoms with Gasteiger partial charge in [0.15, 0.2) is 0 Å². The van der Waals surface area contributed by atoms with Crippen LogP contribution >= 0.6 is 15.9 Å². The maximum absolute atomic E-state index is 12.6. The van der Waals surface area contributed by atoms with E-state index in [2.05, 4.69) is 46.5 Å². The second kappa shape index (κ2) is 7.95. The van der Waals surface area contributed by atoms with Crippen molar-refractivity contribution in [3.05, 3.63) is 34.3 Å². The van der Waals surface area contributed by atoms with Crippen LogP contribution in [0, 0.1) is 11.8 Å². The molecular weight excluding hydrogens is 328 g/mol. The van der Waals surface area contributed by atoms with Crippen molar-refractivity contribution in [3.8, 4) is 0 Å². The van der Waals surface area contributed by atoms with Crippen LogP contribution in [-0.4, -0.2) is 25.0 Å². The summed E-state index contributed by atoms with van der Waals surface area (Å²) in [5, 5.41) is 6.64. The van der Waals surface area contributed by atoms with Crippen molar-refractivity contribution >= 4 is 21.8 Å². The van der Waals surface area contributed by atoms with Gasteiger partial charge in [-0.05, 0) is 49.9 Å². The topological polar surface area (TPSA) is 41.1 Å². The molecule has 0 aliphatic carbocycles. The van der Waals surface area contributed by atoms with Gasteiger partial charge in [0.1, 0.15) is 0 Å². The van der Waals surface area contributed by atoms with Gasteiger partial charge < -0.3 is 10.6 Å². The Morgan fingerprint density at radius 3 is 2.90 bits per heavy atom. The molecule has 1 aliphatic heterocycles. The molecule has 0 radical (unpaired) electrons. The van der Waals surface area contributed by atoms with E-state index in [1.807, 2.05) is 18.2 Å². The summed E-state index contributed by atoms with van der Waals surface area (Å²) in [4.78, 5) is 12.6. The Labute approximate surface area is 136 Å². The van der Waals surface area contributed by atoms with Crippen molar-refractivity contribution in [2.75, 3.05) is 13.1 Å². The van der Waals surface area contributed by atoms with E-state index in [9.17, 15) is 4.79 Å². The van der Waals surface area contributed by atoms with Crippen LogP contribution < -0.4 is 10.6 Å². The molecule has 1 amide bonds. The predicted molar refractivity (Wildman–Crippen MR) is 90.2 cm³/mol. The van der Waals surface area contributed by atoms with Gasteiger partial charge in [-0.15, -0.1) is 0 Å². The molecule has 1 heterocycles. The molecule has 3 atom stereocenters. The van der Waals surface area contributed by atoms with Gasteiger partial charge in [0.05, 0.1) is 0 Å². The molecule has 21 heavy (non-hydrogen) atoms. The second-order valence-electron chi connectivity index (χ2n) is 5.99. The van der Waals surface area contributed by atoms with Gasteiger partial charge in [-0.3, -0.25) is 4.79 Å². The van der Waals surface area contributed by atoms with Crippen molar-refractivity contribution in [2.24, 2.45) is 11.8 Å². The summed E-state index contributed by atoms with van der Waals surface area (Å²) in [5.74, 6) is 0.751. The molecule has 1 aromatic carbocycles. The smallest absolute Gasteiger partial charge is 0.223 e. The Balaban J connectivity index is 1.97. The van der Waals surface area contributed by atoms with Crippen molar-refractivity contribution in [1.29, 1.82) is 0 Å². The Morgan fingerprint density at radius 1 is 1.48 bits per heavy atom. The van der Waals surface area contributed by atoms with E-state index in [-0.39, 0.29) is 11.8 Å². The van der Waals surface area contributed by atoms with Crippen LogP contribution in [0.25, 0.3) is 0 Å². The average Bonchev–Trinajstić information content (AvgIpc) is 2.48. The van der Waals surface area contributed by atoms with Crippen LogP contribution in [-0.2, 0) is 11.2 Å². The number of halogens is 1. The number of amides is 1. The summed E-state index contributed by atoms with van der Waals surface area (Å²) in [5.41, 5.74) is 1.21. The molecule has 1 fully saturated rings. The van der Waals surface area contributed by atoms with Gasteiger partial charge in [0.2, 0.25) is 5.91 Å². The molecule has 116 valence electrons. The van der Waals surface area contributed by atoms with Gasteiger partial charge in [-0.1, -0.05) is 48.0 Å². The molecule has 0 bridgehead atoms. The van der Waals surface area contributed by atoms with E-state index < -0.39 is 0 Å². The standard InChI is InChI=1S/C17H25BrN2O/c1-3-13(10-14-6-4-5-7-15(14)18)17(21)20-16-8-9-19-11-12(16)2/h4-7,12-13,16,19H,3,8-11H2,1-2H3,(H,20,21). The van der Waals surface area contributed by atoms with Crippen LogP contribution in [0.1, 0.15) is 32.3 Å². The normalized spacial score (nSPS) is 23.6. The van der Waals surface area contributed by atoms with Crippen molar-refractivity contribution in [2.45, 2.75) is 39.2 Å². The minimum absolute atomic E-state index is 0.0470. The first kappa shape index (κ1) is 16.5. The van der Waals surface area contributed by atoms with Crippen LogP contribution in [0.2, 0.25) is 0 Å². The fraction of sp³-hybridized carbons (Fsp3) is 0.588. The molecule has 2 rings (SSSR count). The van der Waals surface area contributed by atoms with Gasteiger partial charge in [0.25, 0.3) is 0 Å². The highest BCUT2D eigenvalue weighted by Crippen LogP contribution is 2.21. The lowest BCUT2D eigenvalue weighted by Crippen LogP contribution is -2.50. The lowest BCUT2D eigenvalue weighted by Gasteiger charge is -2.31. The summed E-state index contributed by atoms with van der Waals surface area (Å²) in [6.45, 7) is 6.28. The zero-order chi connectivity index (χ0) is 15.2. The van der Waals surface area contributed by atoms with Crippen LogP contribution in [0.3, 0.4) is 0 Å². The first-order chi connectivity index (χ1) is 10.1. The fourth-order valence-corrected chi connectivity index (χ4v) is 3.33. The largest absolute Gasteiger partial charge is 0.353 e. The van der Waals surface area contributed by atoms with Gasteiger partial charge in [-0.25, -0.2) is 0 Å². The number of nitrogens with one attached hydrogen (secondary N) is 2. The Bertz CT molecular complexity index is 478. The molecular formula is C17H25BrN2O. The Hall–Kier alpha value is -0.870. The fourth-order valence-electron chi connectivity index (χ4n) is 2.88. The molecule has 4 heteroatoms. The van der Waals surface area contributed by atoms with E-state index in [1.54, 1.807) is 0 Å². The zero-order valence-electron chi connectivity index (χ0n) is 12.9. The molecule has 0 saturated carbocycles. The average molecular weight is 353 g/mol. The quantitative estimate of drug-likeness (QED) is 0.854. The van der Waals surface area contributed by atoms with E-state index >= 15 is 0 Å². The van der Waals surface area contributed by atoms with Crippen LogP contribution in [0.4, 0.5) is 0 Å². The molecule has 3 unspecified atom stereocenters. The van der Waals surface area contributed by atoms with E-state index in [0.29, 0.717) is 12.0 Å². The second-order valence-corrected chi connectivity index (χ2v) is 6.84. The van der Waals surface area contributed by atoms with Crippen molar-refractivity contribution < 1.29 is 4.79 Å². The predicted octanol–water partition coefficient (Wildman–Crippen LogP) is 3.13. The summed E-state index contributed by atoms with van der Waals surface area (Å²) in [7, 11) is 0. The number of hydrogen-bond donors (Lipinski definition) is 2. The van der Waals surface area contributed by atoms with Crippen LogP contribution in [0.15, 0.2) is 28.7 Å². The molecule has 0 spiro atoms. The lowest BCUT2D eigenvalue weighted by molar-refractivity contribution is -0.126. The lowest BCUT2D eigenvalue weighted by atomic mass is 9.92. The Morgan fingerprint density at radius 2 is 2.24 bits per heavy atom. The monoisotopic (exact) mass is 352 g/mol. The summed E-state index contributed by atoms with van der Waals surface area (Å²) < 4.78 is 1.09. The maximum atomic E-state index is 12.6. The number of carbonyl (C=O) groups excluding carboxylic acids is 1. The van der Waals surface area contributed by atoms with Gasteiger partial charge >= 0.3 is 0 Å². The van der Waals surface area contributed by atoms with Gasteiger partial charge in [0, 0.05) is 16.4 Å². The van der Waals surface area contributed by atoms with E-state index in [0.717, 1.165) is 36.8 Å².